The summed E-state index contributed by atoms with van der Waals surface area (Å²) in [4.78, 5) is 9.15. The number of hydrogen-bond acceptors (Lipinski definition) is 3. The van der Waals surface area contributed by atoms with Crippen LogP contribution < -0.4 is 15.4 Å². The highest BCUT2D eigenvalue weighted by molar-refractivity contribution is 14.0. The Kier molecular flexibility index (Phi) is 11.3. The minimum Gasteiger partial charge on any atom is -0.489 e. The third-order valence-electron chi connectivity index (χ3n) is 3.86. The van der Waals surface area contributed by atoms with Crippen LogP contribution in [0, 0.1) is 5.92 Å². The molecule has 2 N–H and O–H groups in total. The topological polar surface area (TPSA) is 63.5 Å². The van der Waals surface area contributed by atoms with Gasteiger partial charge in [-0.25, -0.2) is 9.98 Å². The van der Waals surface area contributed by atoms with E-state index in [1.54, 1.807) is 6.08 Å². The summed E-state index contributed by atoms with van der Waals surface area (Å²) < 4.78 is 7.89. The summed E-state index contributed by atoms with van der Waals surface area (Å²) in [5.74, 6) is 3.18. The summed E-state index contributed by atoms with van der Waals surface area (Å²) in [5.41, 5.74) is 1.04. The van der Waals surface area contributed by atoms with Crippen LogP contribution >= 0.6 is 24.0 Å². The molecular weight excluding hydrogens is 465 g/mol. The first-order chi connectivity index (χ1) is 13.1. The predicted molar refractivity (Wildman–Crippen MR) is 126 cm³/mol. The summed E-state index contributed by atoms with van der Waals surface area (Å²) in [6.07, 6.45) is 5.61. The first-order valence-corrected chi connectivity index (χ1v) is 9.47. The molecule has 0 bridgehead atoms. The van der Waals surface area contributed by atoms with Gasteiger partial charge < -0.3 is 19.9 Å². The summed E-state index contributed by atoms with van der Waals surface area (Å²) in [6, 6.07) is 7.94. The average molecular weight is 497 g/mol. The van der Waals surface area contributed by atoms with E-state index in [1.807, 2.05) is 36.7 Å². The van der Waals surface area contributed by atoms with Crippen molar-refractivity contribution in [2.45, 2.75) is 40.4 Å². The van der Waals surface area contributed by atoms with Crippen LogP contribution in [0.25, 0.3) is 0 Å². The van der Waals surface area contributed by atoms with Crippen molar-refractivity contribution >= 4 is 29.9 Å². The van der Waals surface area contributed by atoms with Crippen LogP contribution in [-0.4, -0.2) is 28.7 Å². The molecule has 0 spiro atoms. The van der Waals surface area contributed by atoms with E-state index in [-0.39, 0.29) is 24.0 Å². The summed E-state index contributed by atoms with van der Waals surface area (Å²) in [5, 5.41) is 6.65. The number of nitrogens with one attached hydrogen (secondary N) is 2. The van der Waals surface area contributed by atoms with E-state index >= 15 is 0 Å². The Balaban J connectivity index is 0.00000392. The molecule has 0 saturated carbocycles. The Bertz CT molecular complexity index is 742. The Morgan fingerprint density at radius 1 is 1.32 bits per heavy atom. The molecule has 7 heteroatoms. The van der Waals surface area contributed by atoms with E-state index in [0.717, 1.165) is 36.2 Å². The van der Waals surface area contributed by atoms with Crippen molar-refractivity contribution in [2.24, 2.45) is 10.9 Å². The zero-order valence-electron chi connectivity index (χ0n) is 17.0. The number of aromatic nitrogens is 2. The smallest absolute Gasteiger partial charge is 0.191 e. The number of imidazole rings is 1. The fourth-order valence-corrected chi connectivity index (χ4v) is 2.66. The van der Waals surface area contributed by atoms with E-state index in [1.165, 1.54) is 0 Å². The number of rotatable bonds is 10. The van der Waals surface area contributed by atoms with E-state index in [4.69, 9.17) is 9.73 Å². The Morgan fingerprint density at radius 2 is 2.11 bits per heavy atom. The second kappa shape index (κ2) is 13.2. The minimum absolute atomic E-state index is 0. The number of para-hydroxylation sites is 1. The highest BCUT2D eigenvalue weighted by Gasteiger charge is 2.07. The van der Waals surface area contributed by atoms with Crippen LogP contribution in [-0.2, 0) is 19.6 Å². The first-order valence-electron chi connectivity index (χ1n) is 9.47. The van der Waals surface area contributed by atoms with Gasteiger partial charge in [-0.3, -0.25) is 0 Å². The molecule has 0 radical (unpaired) electrons. The molecule has 2 rings (SSSR count). The van der Waals surface area contributed by atoms with Gasteiger partial charge in [0.1, 0.15) is 18.2 Å². The Labute approximate surface area is 185 Å². The standard InChI is InChI=1S/C21H31N5O.HI/c1-5-13-27-19-10-8-7-9-18(19)14-24-21(22-6-2)25-15-20-23-11-12-26(20)16-17(3)4;/h5,7-12,17H,1,6,13-16H2,2-4H3,(H2,22,24,25);1H. The molecule has 0 aliphatic carbocycles. The number of benzene rings is 1. The van der Waals surface area contributed by atoms with Crippen molar-refractivity contribution in [3.63, 3.8) is 0 Å². The van der Waals surface area contributed by atoms with E-state index in [0.29, 0.717) is 25.6 Å². The molecule has 1 heterocycles. The molecule has 1 aromatic carbocycles. The molecule has 0 fully saturated rings. The van der Waals surface area contributed by atoms with Gasteiger partial charge in [-0.05, 0) is 18.9 Å². The number of ether oxygens (including phenoxy) is 1. The molecule has 0 aliphatic rings. The molecule has 0 unspecified atom stereocenters. The Hall–Kier alpha value is -2.03. The number of guanidine groups is 1. The van der Waals surface area contributed by atoms with Gasteiger partial charge in [-0.1, -0.05) is 44.7 Å². The van der Waals surface area contributed by atoms with Gasteiger partial charge in [0, 0.05) is 31.0 Å². The second-order valence-corrected chi connectivity index (χ2v) is 6.65. The summed E-state index contributed by atoms with van der Waals surface area (Å²) in [6.45, 7) is 13.5. The maximum Gasteiger partial charge on any atom is 0.191 e. The normalized spacial score (nSPS) is 11.1. The van der Waals surface area contributed by atoms with Crippen LogP contribution in [0.1, 0.15) is 32.2 Å². The SMILES string of the molecule is C=CCOc1ccccc1CN=C(NCC)NCc1nccn1CC(C)C.I. The molecule has 2 aromatic rings. The number of nitrogens with zero attached hydrogens (tertiary/aromatic N) is 3. The number of hydrogen-bond donors (Lipinski definition) is 2. The van der Waals surface area contributed by atoms with Crippen molar-refractivity contribution in [1.29, 1.82) is 0 Å². The first kappa shape index (κ1) is 24.0. The van der Waals surface area contributed by atoms with Gasteiger partial charge in [-0.15, -0.1) is 24.0 Å². The van der Waals surface area contributed by atoms with Crippen LogP contribution in [0.15, 0.2) is 54.3 Å². The highest BCUT2D eigenvalue weighted by Crippen LogP contribution is 2.18. The van der Waals surface area contributed by atoms with Crippen LogP contribution in [0.4, 0.5) is 0 Å². The molecule has 6 nitrogen and oxygen atoms in total. The highest BCUT2D eigenvalue weighted by atomic mass is 127. The maximum absolute atomic E-state index is 5.71. The predicted octanol–water partition coefficient (Wildman–Crippen LogP) is 3.98. The third-order valence-corrected chi connectivity index (χ3v) is 3.86. The van der Waals surface area contributed by atoms with Gasteiger partial charge in [-0.2, -0.15) is 0 Å². The molecule has 0 atom stereocenters. The second-order valence-electron chi connectivity index (χ2n) is 6.65. The quantitative estimate of drug-likeness (QED) is 0.226. The van der Waals surface area contributed by atoms with Gasteiger partial charge in [0.2, 0.25) is 0 Å². The van der Waals surface area contributed by atoms with Crippen LogP contribution in [0.3, 0.4) is 0 Å². The summed E-state index contributed by atoms with van der Waals surface area (Å²) >= 11 is 0. The third kappa shape index (κ3) is 7.92. The monoisotopic (exact) mass is 497 g/mol. The maximum atomic E-state index is 5.71. The van der Waals surface area contributed by atoms with Crippen molar-refractivity contribution < 1.29 is 4.74 Å². The lowest BCUT2D eigenvalue weighted by atomic mass is 10.2. The van der Waals surface area contributed by atoms with E-state index in [2.05, 4.69) is 47.5 Å². The van der Waals surface area contributed by atoms with Gasteiger partial charge in [0.05, 0.1) is 13.1 Å². The zero-order valence-corrected chi connectivity index (χ0v) is 19.3. The molecule has 1 aromatic heterocycles. The van der Waals surface area contributed by atoms with Crippen molar-refractivity contribution in [2.75, 3.05) is 13.2 Å². The van der Waals surface area contributed by atoms with Gasteiger partial charge >= 0.3 is 0 Å². The average Bonchev–Trinajstić information content (AvgIpc) is 3.09. The molecule has 0 aliphatic heterocycles. The molecule has 28 heavy (non-hydrogen) atoms. The Morgan fingerprint density at radius 3 is 2.82 bits per heavy atom. The largest absolute Gasteiger partial charge is 0.489 e. The van der Waals surface area contributed by atoms with Gasteiger partial charge in [0.25, 0.3) is 0 Å². The van der Waals surface area contributed by atoms with Gasteiger partial charge in [0.15, 0.2) is 5.96 Å². The van der Waals surface area contributed by atoms with Crippen molar-refractivity contribution in [3.05, 3.63) is 60.7 Å². The fraction of sp³-hybridized carbons (Fsp3) is 0.429. The van der Waals surface area contributed by atoms with Crippen LogP contribution in [0.2, 0.25) is 0 Å². The molecule has 154 valence electrons. The van der Waals surface area contributed by atoms with Crippen molar-refractivity contribution in [3.8, 4) is 5.75 Å². The zero-order chi connectivity index (χ0) is 19.5. The summed E-state index contributed by atoms with van der Waals surface area (Å²) in [7, 11) is 0. The molecule has 0 saturated heterocycles. The minimum atomic E-state index is 0. The molecular formula is C21H32IN5O. The lowest BCUT2D eigenvalue weighted by Crippen LogP contribution is -2.37. The number of halogens is 1. The lowest BCUT2D eigenvalue weighted by molar-refractivity contribution is 0.359. The number of aliphatic imine (C=N–C) groups is 1. The lowest BCUT2D eigenvalue weighted by Gasteiger charge is -2.14. The van der Waals surface area contributed by atoms with Crippen LogP contribution in [0.5, 0.6) is 5.75 Å². The van der Waals surface area contributed by atoms with E-state index in [9.17, 15) is 0 Å². The van der Waals surface area contributed by atoms with Crippen molar-refractivity contribution in [1.82, 2.24) is 20.2 Å². The van der Waals surface area contributed by atoms with E-state index < -0.39 is 0 Å². The fourth-order valence-electron chi connectivity index (χ4n) is 2.66. The molecule has 0 amide bonds.